The van der Waals surface area contributed by atoms with Crippen LogP contribution in [0.5, 0.6) is 11.5 Å². The summed E-state index contributed by atoms with van der Waals surface area (Å²) in [6.07, 6.45) is 3.32. The number of amides is 4. The van der Waals surface area contributed by atoms with Crippen molar-refractivity contribution in [3.05, 3.63) is 93.5 Å². The van der Waals surface area contributed by atoms with E-state index in [4.69, 9.17) is 21.1 Å². The predicted octanol–water partition coefficient (Wildman–Crippen LogP) is 6.38. The fourth-order valence-electron chi connectivity index (χ4n) is 4.15. The molecule has 0 unspecified atom stereocenters. The Balaban J connectivity index is 1.60. The molecule has 0 radical (unpaired) electrons. The van der Waals surface area contributed by atoms with Crippen molar-refractivity contribution >= 4 is 41.2 Å². The Morgan fingerprint density at radius 3 is 2.32 bits per heavy atom. The zero-order valence-electron chi connectivity index (χ0n) is 21.5. The highest BCUT2D eigenvalue weighted by Crippen LogP contribution is 2.29. The molecule has 0 spiro atoms. The van der Waals surface area contributed by atoms with E-state index >= 15 is 0 Å². The predicted molar refractivity (Wildman–Crippen MR) is 148 cm³/mol. The van der Waals surface area contributed by atoms with Crippen molar-refractivity contribution in [2.75, 3.05) is 11.5 Å². The number of nitrogens with zero attached hydrogens (tertiary/aromatic N) is 1. The highest BCUT2D eigenvalue weighted by Gasteiger charge is 2.37. The number of hydrogen-bond donors (Lipinski definition) is 1. The standard InChI is InChI=1S/C30H29ClN2O5/c1-4-5-12-37-25-9-7-24(8-10-25)33-29(35)26(28(34)32-30(33)36)17-22-16-23(31)6-11-27(22)38-18-21-14-19(2)13-20(3)15-21/h6-11,13-17H,4-5,12,18H2,1-3H3,(H,32,34,36)/b26-17-. The number of benzene rings is 3. The van der Waals surface area contributed by atoms with Gasteiger partial charge in [0.15, 0.2) is 0 Å². The van der Waals surface area contributed by atoms with Crippen LogP contribution in [0.4, 0.5) is 10.5 Å². The first kappa shape index (κ1) is 26.9. The monoisotopic (exact) mass is 532 g/mol. The van der Waals surface area contributed by atoms with Gasteiger partial charge in [0.25, 0.3) is 11.8 Å². The van der Waals surface area contributed by atoms with E-state index in [2.05, 4.69) is 18.3 Å². The van der Waals surface area contributed by atoms with E-state index in [-0.39, 0.29) is 12.2 Å². The lowest BCUT2D eigenvalue weighted by atomic mass is 10.1. The second-order valence-corrected chi connectivity index (χ2v) is 9.56. The Morgan fingerprint density at radius 1 is 0.921 bits per heavy atom. The summed E-state index contributed by atoms with van der Waals surface area (Å²) < 4.78 is 11.7. The van der Waals surface area contributed by atoms with Crippen LogP contribution in [0.15, 0.2) is 66.2 Å². The average molecular weight is 533 g/mol. The third-order valence-corrected chi connectivity index (χ3v) is 6.15. The maximum atomic E-state index is 13.4. The molecule has 3 aromatic carbocycles. The Kier molecular flexibility index (Phi) is 8.48. The molecule has 1 N–H and O–H groups in total. The molecule has 196 valence electrons. The summed E-state index contributed by atoms with van der Waals surface area (Å²) in [7, 11) is 0. The van der Waals surface area contributed by atoms with Gasteiger partial charge < -0.3 is 9.47 Å². The van der Waals surface area contributed by atoms with Crippen molar-refractivity contribution in [2.24, 2.45) is 0 Å². The van der Waals surface area contributed by atoms with E-state index in [1.54, 1.807) is 42.5 Å². The van der Waals surface area contributed by atoms with E-state index in [1.165, 1.54) is 6.08 Å². The van der Waals surface area contributed by atoms with E-state index < -0.39 is 17.8 Å². The molecule has 0 aromatic heterocycles. The molecule has 0 atom stereocenters. The number of aryl methyl sites for hydroxylation is 2. The fraction of sp³-hybridized carbons (Fsp3) is 0.233. The van der Waals surface area contributed by atoms with Crippen molar-refractivity contribution in [1.29, 1.82) is 0 Å². The van der Waals surface area contributed by atoms with Gasteiger partial charge in [-0.15, -0.1) is 0 Å². The Morgan fingerprint density at radius 2 is 1.63 bits per heavy atom. The van der Waals surface area contributed by atoms with Crippen LogP contribution in [0.3, 0.4) is 0 Å². The van der Waals surface area contributed by atoms with Crippen LogP contribution in [0.1, 0.15) is 42.0 Å². The van der Waals surface area contributed by atoms with Gasteiger partial charge in [-0.05, 0) is 74.4 Å². The lowest BCUT2D eigenvalue weighted by Gasteiger charge is -2.26. The number of nitrogens with one attached hydrogen (secondary N) is 1. The summed E-state index contributed by atoms with van der Waals surface area (Å²) >= 11 is 6.23. The van der Waals surface area contributed by atoms with Gasteiger partial charge in [0.05, 0.1) is 12.3 Å². The molecule has 0 aliphatic carbocycles. The molecule has 7 nitrogen and oxygen atoms in total. The van der Waals surface area contributed by atoms with E-state index in [0.29, 0.717) is 34.4 Å². The molecule has 1 fully saturated rings. The van der Waals surface area contributed by atoms with Crippen LogP contribution < -0.4 is 19.7 Å². The fourth-order valence-corrected chi connectivity index (χ4v) is 4.33. The molecule has 8 heteroatoms. The van der Waals surface area contributed by atoms with Gasteiger partial charge in [-0.2, -0.15) is 0 Å². The summed E-state index contributed by atoms with van der Waals surface area (Å²) in [5, 5.41) is 2.65. The number of carbonyl (C=O) groups is 3. The number of imide groups is 2. The van der Waals surface area contributed by atoms with Crippen molar-refractivity contribution < 1.29 is 23.9 Å². The molecular formula is C30H29ClN2O5. The molecule has 0 bridgehead atoms. The summed E-state index contributed by atoms with van der Waals surface area (Å²) in [4.78, 5) is 39.6. The van der Waals surface area contributed by atoms with Crippen LogP contribution in [-0.2, 0) is 16.2 Å². The summed E-state index contributed by atoms with van der Waals surface area (Å²) in [6, 6.07) is 16.8. The maximum Gasteiger partial charge on any atom is 0.335 e. The molecule has 1 aliphatic heterocycles. The van der Waals surface area contributed by atoms with Gasteiger partial charge in [-0.3, -0.25) is 14.9 Å². The lowest BCUT2D eigenvalue weighted by molar-refractivity contribution is -0.122. The molecule has 3 aromatic rings. The first-order valence-corrected chi connectivity index (χ1v) is 12.8. The quantitative estimate of drug-likeness (QED) is 0.196. The Bertz CT molecular complexity index is 1380. The van der Waals surface area contributed by atoms with Crippen LogP contribution in [-0.4, -0.2) is 24.5 Å². The number of barbiturate groups is 1. The minimum atomic E-state index is -0.825. The molecule has 1 saturated heterocycles. The molecule has 4 amide bonds. The highest BCUT2D eigenvalue weighted by molar-refractivity contribution is 6.39. The van der Waals surface area contributed by atoms with Gasteiger partial charge in [0, 0.05) is 10.6 Å². The van der Waals surface area contributed by atoms with Gasteiger partial charge in [-0.1, -0.05) is 54.3 Å². The number of urea groups is 1. The first-order chi connectivity index (χ1) is 18.2. The van der Waals surface area contributed by atoms with Crippen molar-refractivity contribution in [3.8, 4) is 11.5 Å². The minimum absolute atomic E-state index is 0.216. The number of anilines is 1. The summed E-state index contributed by atoms with van der Waals surface area (Å²) in [5.41, 5.74) is 3.77. The topological polar surface area (TPSA) is 84.9 Å². The zero-order chi connectivity index (χ0) is 27.2. The van der Waals surface area contributed by atoms with E-state index in [9.17, 15) is 14.4 Å². The first-order valence-electron chi connectivity index (χ1n) is 12.4. The number of halogens is 1. The summed E-state index contributed by atoms with van der Waals surface area (Å²) in [5.74, 6) is -0.475. The van der Waals surface area contributed by atoms with Crippen LogP contribution in [0, 0.1) is 13.8 Å². The second kappa shape index (κ2) is 12.0. The number of ether oxygens (including phenoxy) is 2. The number of rotatable bonds is 9. The second-order valence-electron chi connectivity index (χ2n) is 9.12. The van der Waals surface area contributed by atoms with Crippen LogP contribution in [0.2, 0.25) is 5.02 Å². The Hall–Kier alpha value is -4.10. The number of hydrogen-bond acceptors (Lipinski definition) is 5. The molecular weight excluding hydrogens is 504 g/mol. The average Bonchev–Trinajstić information content (AvgIpc) is 2.86. The van der Waals surface area contributed by atoms with Crippen LogP contribution >= 0.6 is 11.6 Å². The molecule has 1 aliphatic rings. The van der Waals surface area contributed by atoms with E-state index in [1.807, 2.05) is 26.0 Å². The molecule has 4 rings (SSSR count). The zero-order valence-corrected chi connectivity index (χ0v) is 22.3. The van der Waals surface area contributed by atoms with Crippen molar-refractivity contribution in [1.82, 2.24) is 5.32 Å². The molecule has 1 heterocycles. The van der Waals surface area contributed by atoms with Gasteiger partial charge >= 0.3 is 6.03 Å². The number of unbranched alkanes of at least 4 members (excludes halogenated alkanes) is 1. The molecule has 38 heavy (non-hydrogen) atoms. The van der Waals surface area contributed by atoms with Crippen molar-refractivity contribution in [2.45, 2.75) is 40.2 Å². The lowest BCUT2D eigenvalue weighted by Crippen LogP contribution is -2.54. The van der Waals surface area contributed by atoms with Crippen LogP contribution in [0.25, 0.3) is 6.08 Å². The van der Waals surface area contributed by atoms with Gasteiger partial charge in [-0.25, -0.2) is 9.69 Å². The maximum absolute atomic E-state index is 13.4. The van der Waals surface area contributed by atoms with Gasteiger partial charge in [0.2, 0.25) is 0 Å². The largest absolute Gasteiger partial charge is 0.494 e. The normalized spacial score (nSPS) is 14.6. The smallest absolute Gasteiger partial charge is 0.335 e. The van der Waals surface area contributed by atoms with Crippen molar-refractivity contribution in [3.63, 3.8) is 0 Å². The summed E-state index contributed by atoms with van der Waals surface area (Å²) in [6.45, 7) is 6.97. The highest BCUT2D eigenvalue weighted by atomic mass is 35.5. The minimum Gasteiger partial charge on any atom is -0.494 e. The SMILES string of the molecule is CCCCOc1ccc(N2C(=O)NC(=O)/C(=C/c3cc(Cl)ccc3OCc3cc(C)cc(C)c3)C2=O)cc1. The molecule has 0 saturated carbocycles. The van der Waals surface area contributed by atoms with Gasteiger partial charge in [0.1, 0.15) is 23.7 Å². The third-order valence-electron chi connectivity index (χ3n) is 5.91. The third kappa shape index (κ3) is 6.42. The van der Waals surface area contributed by atoms with E-state index in [0.717, 1.165) is 34.4 Å². The Labute approximate surface area is 227 Å². The number of carbonyl (C=O) groups excluding carboxylic acids is 3.